The van der Waals surface area contributed by atoms with Crippen molar-refractivity contribution in [2.24, 2.45) is 5.41 Å². The predicted octanol–water partition coefficient (Wildman–Crippen LogP) is 2.18. The normalized spacial score (nSPS) is 17.7. The zero-order valence-electron chi connectivity index (χ0n) is 25.3. The maximum atomic E-state index is 15.3. The topological polar surface area (TPSA) is 151 Å². The molecule has 1 aromatic carbocycles. The number of ether oxygens (including phenoxy) is 2. The molecule has 14 nitrogen and oxygen atoms in total. The highest BCUT2D eigenvalue weighted by Crippen LogP contribution is 2.32. The average Bonchev–Trinajstić information content (AvgIpc) is 3.61. The maximum Gasteiger partial charge on any atom is 0.414 e. The van der Waals surface area contributed by atoms with Crippen LogP contribution in [0.25, 0.3) is 5.78 Å². The van der Waals surface area contributed by atoms with E-state index < -0.39 is 47.3 Å². The number of fused-ring (bicyclic) bond motifs is 1. The lowest BCUT2D eigenvalue weighted by Crippen LogP contribution is -2.58. The van der Waals surface area contributed by atoms with E-state index in [4.69, 9.17) is 4.74 Å². The van der Waals surface area contributed by atoms with Crippen molar-refractivity contribution in [2.75, 3.05) is 56.2 Å². The molecule has 0 radical (unpaired) electrons. The highest BCUT2D eigenvalue weighted by atomic mass is 19.1. The summed E-state index contributed by atoms with van der Waals surface area (Å²) < 4.78 is 41.9. The number of hydrogen-bond acceptors (Lipinski definition) is 9. The summed E-state index contributed by atoms with van der Waals surface area (Å²) in [6.45, 7) is 6.03. The molecular weight excluding hydrogens is 594 g/mol. The first-order valence-corrected chi connectivity index (χ1v) is 14.3. The van der Waals surface area contributed by atoms with Crippen LogP contribution in [0.5, 0.6) is 0 Å². The highest BCUT2D eigenvalue weighted by molar-refractivity contribution is 5.97. The fraction of sp³-hybridized carbons (Fsp3) is 0.448. The Morgan fingerprint density at radius 2 is 1.82 bits per heavy atom. The number of nitrogens with zero attached hydrogens (tertiary/aromatic N) is 6. The van der Waals surface area contributed by atoms with Crippen molar-refractivity contribution in [3.8, 4) is 0 Å². The van der Waals surface area contributed by atoms with Crippen LogP contribution in [0.1, 0.15) is 31.3 Å². The molecule has 240 valence electrons. The molecule has 2 atom stereocenters. The molecule has 2 aliphatic heterocycles. The van der Waals surface area contributed by atoms with E-state index in [2.05, 4.69) is 25.3 Å². The number of amides is 4. The predicted molar refractivity (Wildman–Crippen MR) is 157 cm³/mol. The lowest BCUT2D eigenvalue weighted by molar-refractivity contribution is -0.136. The third-order valence-corrected chi connectivity index (χ3v) is 7.61. The Kier molecular flexibility index (Phi) is 8.75. The van der Waals surface area contributed by atoms with Crippen LogP contribution >= 0.6 is 0 Å². The number of carbonyl (C=O) groups is 4. The monoisotopic (exact) mass is 628 g/mol. The Morgan fingerprint density at radius 1 is 1.13 bits per heavy atom. The molecule has 0 bridgehead atoms. The molecule has 0 spiro atoms. The fourth-order valence-corrected chi connectivity index (χ4v) is 5.24. The molecule has 45 heavy (non-hydrogen) atoms. The molecule has 0 aliphatic carbocycles. The van der Waals surface area contributed by atoms with Crippen molar-refractivity contribution in [1.82, 2.24) is 29.9 Å². The number of imidazole rings is 1. The van der Waals surface area contributed by atoms with Crippen molar-refractivity contribution in [3.63, 3.8) is 0 Å². The molecule has 5 rings (SSSR count). The largest absolute Gasteiger partial charge is 0.453 e. The van der Waals surface area contributed by atoms with Gasteiger partial charge in [-0.25, -0.2) is 28.3 Å². The Morgan fingerprint density at radius 3 is 2.44 bits per heavy atom. The first kappa shape index (κ1) is 31.4. The minimum atomic E-state index is -0.895. The van der Waals surface area contributed by atoms with Gasteiger partial charge in [0.05, 0.1) is 25.9 Å². The number of halogens is 2. The lowest BCUT2D eigenvalue weighted by atomic mass is 9.85. The van der Waals surface area contributed by atoms with Crippen molar-refractivity contribution in [2.45, 2.75) is 32.9 Å². The molecule has 3 aromatic rings. The number of nitrogens with one attached hydrogen (secondary N) is 2. The van der Waals surface area contributed by atoms with Crippen molar-refractivity contribution in [1.29, 1.82) is 0 Å². The molecular formula is C29H34F2N8O6. The van der Waals surface area contributed by atoms with Crippen LogP contribution in [0.4, 0.5) is 29.7 Å². The molecule has 16 heteroatoms. The molecule has 4 heterocycles. The number of rotatable bonds is 7. The molecule has 4 amide bonds. The van der Waals surface area contributed by atoms with Crippen LogP contribution in [-0.2, 0) is 14.3 Å². The van der Waals surface area contributed by atoms with Gasteiger partial charge in [-0.1, -0.05) is 20.8 Å². The number of anilines is 2. The van der Waals surface area contributed by atoms with E-state index in [0.717, 1.165) is 17.0 Å². The van der Waals surface area contributed by atoms with Gasteiger partial charge in [-0.05, 0) is 11.5 Å². The van der Waals surface area contributed by atoms with E-state index in [0.29, 0.717) is 5.78 Å². The van der Waals surface area contributed by atoms with Gasteiger partial charge in [0.15, 0.2) is 11.6 Å². The van der Waals surface area contributed by atoms with Crippen LogP contribution in [0.3, 0.4) is 0 Å². The first-order valence-electron chi connectivity index (χ1n) is 14.3. The molecule has 2 aromatic heterocycles. The second kappa shape index (κ2) is 12.5. The number of piperazine rings is 1. The third kappa shape index (κ3) is 6.73. The number of alkyl carbamates (subject to hydrolysis) is 1. The van der Waals surface area contributed by atoms with Gasteiger partial charge >= 0.3 is 12.2 Å². The smallest absolute Gasteiger partial charge is 0.414 e. The minimum absolute atomic E-state index is 0.0264. The first-order chi connectivity index (χ1) is 21.3. The van der Waals surface area contributed by atoms with Crippen LogP contribution < -0.4 is 20.4 Å². The van der Waals surface area contributed by atoms with E-state index in [1.54, 1.807) is 27.8 Å². The van der Waals surface area contributed by atoms with Gasteiger partial charge in [0.2, 0.25) is 11.7 Å². The van der Waals surface area contributed by atoms with Crippen LogP contribution in [0.2, 0.25) is 0 Å². The Hall–Kier alpha value is -5.02. The highest BCUT2D eigenvalue weighted by Gasteiger charge is 2.38. The summed E-state index contributed by atoms with van der Waals surface area (Å²) in [6, 6.07) is 2.91. The molecule has 0 saturated carbocycles. The van der Waals surface area contributed by atoms with E-state index in [1.807, 2.05) is 20.8 Å². The van der Waals surface area contributed by atoms with Gasteiger partial charge in [-0.3, -0.25) is 18.9 Å². The van der Waals surface area contributed by atoms with Crippen molar-refractivity contribution >= 4 is 41.2 Å². The van der Waals surface area contributed by atoms with E-state index in [-0.39, 0.29) is 62.2 Å². The third-order valence-electron chi connectivity index (χ3n) is 7.61. The lowest BCUT2D eigenvalue weighted by Gasteiger charge is -2.40. The maximum absolute atomic E-state index is 15.3. The van der Waals surface area contributed by atoms with Crippen molar-refractivity contribution < 1.29 is 37.4 Å². The summed E-state index contributed by atoms with van der Waals surface area (Å²) in [4.78, 5) is 62.8. The van der Waals surface area contributed by atoms with Gasteiger partial charge in [-0.15, -0.1) is 0 Å². The number of hydrogen-bond donors (Lipinski definition) is 2. The molecule has 2 N–H and O–H groups in total. The van der Waals surface area contributed by atoms with Crippen molar-refractivity contribution in [3.05, 3.63) is 54.1 Å². The average molecular weight is 629 g/mol. The molecule has 2 unspecified atom stereocenters. The molecule has 2 aliphatic rings. The van der Waals surface area contributed by atoms with E-state index >= 15 is 8.78 Å². The standard InChI is InChI=1S/C29H34F2N8O6/c1-29(2,3)23(35-24(40)21-16-38-7-5-6-32-26(38)34-21)25(41)37-10-8-36(9-11-37)22-19(30)12-17(13-20(22)31)39-15-18(45-28(39)43)14-33-27(42)44-4/h5-7,12-13,16,18,23H,8-11,14-15H2,1-4H3,(H,33,42)(H,35,40). The fourth-order valence-electron chi connectivity index (χ4n) is 5.24. The Bertz CT molecular complexity index is 1560. The summed E-state index contributed by atoms with van der Waals surface area (Å²) in [7, 11) is 1.19. The van der Waals surface area contributed by atoms with E-state index in [1.165, 1.54) is 18.2 Å². The minimum Gasteiger partial charge on any atom is -0.453 e. The van der Waals surface area contributed by atoms with Gasteiger partial charge < -0.3 is 29.9 Å². The second-order valence-corrected chi connectivity index (χ2v) is 11.8. The van der Waals surface area contributed by atoms with Crippen LogP contribution in [0, 0.1) is 17.0 Å². The number of aromatic nitrogens is 3. The molecule has 2 fully saturated rings. The van der Waals surface area contributed by atoms with E-state index in [9.17, 15) is 19.2 Å². The number of carbonyl (C=O) groups excluding carboxylic acids is 4. The van der Waals surface area contributed by atoms with Gasteiger partial charge in [-0.2, -0.15) is 0 Å². The second-order valence-electron chi connectivity index (χ2n) is 11.8. The quantitative estimate of drug-likeness (QED) is 0.401. The Labute approximate surface area is 257 Å². The van der Waals surface area contributed by atoms with Crippen LogP contribution in [-0.4, -0.2) is 102 Å². The number of cyclic esters (lactones) is 1. The summed E-state index contributed by atoms with van der Waals surface area (Å²) in [5.41, 5.74) is -0.840. The SMILES string of the molecule is COC(=O)NCC1CN(c2cc(F)c(N3CCN(C(=O)C(NC(=O)c4cn5cccnc5n4)C(C)(C)C)CC3)c(F)c2)C(=O)O1. The van der Waals surface area contributed by atoms with Gasteiger partial charge in [0.1, 0.15) is 23.5 Å². The summed E-state index contributed by atoms with van der Waals surface area (Å²) in [5.74, 6) is -2.25. The van der Waals surface area contributed by atoms with Crippen LogP contribution in [0.15, 0.2) is 36.8 Å². The zero-order valence-corrected chi connectivity index (χ0v) is 25.3. The van der Waals surface area contributed by atoms with Gasteiger partial charge in [0, 0.05) is 56.9 Å². The summed E-state index contributed by atoms with van der Waals surface area (Å²) in [5, 5.41) is 5.23. The number of benzene rings is 1. The molecule has 2 saturated heterocycles. The number of methoxy groups -OCH3 is 1. The van der Waals surface area contributed by atoms with Gasteiger partial charge in [0.25, 0.3) is 5.91 Å². The summed E-state index contributed by atoms with van der Waals surface area (Å²) >= 11 is 0. The zero-order chi connectivity index (χ0) is 32.5. The summed E-state index contributed by atoms with van der Waals surface area (Å²) in [6.07, 6.45) is 2.56. The Balaban J connectivity index is 1.23.